The Labute approximate surface area is 141 Å². The summed E-state index contributed by atoms with van der Waals surface area (Å²) in [5.74, 6) is -0.528. The Morgan fingerprint density at radius 2 is 2.08 bits per heavy atom. The molecule has 0 radical (unpaired) electrons. The van der Waals surface area contributed by atoms with Gasteiger partial charge in [-0.05, 0) is 31.2 Å². The first-order valence-corrected chi connectivity index (χ1v) is 8.31. The number of ether oxygens (including phenoxy) is 1. The number of hydrogen-bond donors (Lipinski definition) is 0. The average Bonchev–Trinajstić information content (AvgIpc) is 3.12. The van der Waals surface area contributed by atoms with E-state index in [2.05, 4.69) is 15.1 Å². The van der Waals surface area contributed by atoms with Gasteiger partial charge in [0.25, 0.3) is 0 Å². The van der Waals surface area contributed by atoms with Crippen molar-refractivity contribution >= 4 is 28.8 Å². The molecule has 0 bridgehead atoms. The number of rotatable bonds is 3. The molecule has 2 unspecified atom stereocenters. The van der Waals surface area contributed by atoms with E-state index in [0.717, 1.165) is 5.39 Å². The molecule has 1 aromatic carbocycles. The molecule has 24 heavy (non-hydrogen) atoms. The molecule has 0 aliphatic carbocycles. The number of aromatic nitrogens is 4. The van der Waals surface area contributed by atoms with E-state index in [9.17, 15) is 9.18 Å². The van der Waals surface area contributed by atoms with E-state index in [1.807, 2.05) is 6.92 Å². The van der Waals surface area contributed by atoms with Crippen molar-refractivity contribution in [2.75, 3.05) is 0 Å². The van der Waals surface area contributed by atoms with E-state index in [0.29, 0.717) is 22.8 Å². The highest BCUT2D eigenvalue weighted by Crippen LogP contribution is 2.34. The molecule has 0 N–H and O–H groups in total. The van der Waals surface area contributed by atoms with Crippen LogP contribution in [0.1, 0.15) is 13.3 Å². The average molecular weight is 344 g/mol. The van der Waals surface area contributed by atoms with Crippen LogP contribution in [0.3, 0.4) is 0 Å². The van der Waals surface area contributed by atoms with Gasteiger partial charge in [-0.2, -0.15) is 5.10 Å². The number of thioether (sulfide) groups is 1. The van der Waals surface area contributed by atoms with Crippen LogP contribution in [-0.2, 0) is 9.53 Å². The summed E-state index contributed by atoms with van der Waals surface area (Å²) >= 11 is 1.36. The minimum atomic E-state index is -0.310. The third-order valence-corrected chi connectivity index (χ3v) is 5.00. The van der Waals surface area contributed by atoms with Crippen molar-refractivity contribution < 1.29 is 13.9 Å². The molecule has 1 fully saturated rings. The number of fused-ring (bicyclic) bond motifs is 1. The van der Waals surface area contributed by atoms with Crippen LogP contribution in [0, 0.1) is 5.82 Å². The van der Waals surface area contributed by atoms with Gasteiger partial charge in [0.05, 0.1) is 17.3 Å². The predicted molar refractivity (Wildman–Crippen MR) is 86.4 cm³/mol. The van der Waals surface area contributed by atoms with Crippen LogP contribution < -0.4 is 0 Å². The molecule has 122 valence electrons. The highest BCUT2D eigenvalue weighted by molar-refractivity contribution is 8.00. The quantitative estimate of drug-likeness (QED) is 0.537. The Bertz CT molecular complexity index is 912. The van der Waals surface area contributed by atoms with Gasteiger partial charge in [0.15, 0.2) is 5.65 Å². The van der Waals surface area contributed by atoms with E-state index in [-0.39, 0.29) is 23.1 Å². The van der Waals surface area contributed by atoms with E-state index in [1.54, 1.807) is 23.0 Å². The summed E-state index contributed by atoms with van der Waals surface area (Å²) in [6.45, 7) is 1.88. The molecule has 2 aromatic heterocycles. The molecule has 1 aliphatic heterocycles. The van der Waals surface area contributed by atoms with Crippen molar-refractivity contribution in [3.63, 3.8) is 0 Å². The van der Waals surface area contributed by atoms with Crippen molar-refractivity contribution in [1.82, 2.24) is 19.7 Å². The molecule has 0 amide bonds. The molecular formula is C16H13FN4O2S. The van der Waals surface area contributed by atoms with Gasteiger partial charge in [-0.3, -0.25) is 4.79 Å². The Morgan fingerprint density at radius 1 is 1.29 bits per heavy atom. The van der Waals surface area contributed by atoms with E-state index in [4.69, 9.17) is 4.74 Å². The molecule has 1 saturated heterocycles. The Hall–Kier alpha value is -2.48. The monoisotopic (exact) mass is 344 g/mol. The lowest BCUT2D eigenvalue weighted by Crippen LogP contribution is -2.09. The summed E-state index contributed by atoms with van der Waals surface area (Å²) in [6.07, 6.45) is 3.68. The van der Waals surface area contributed by atoms with Gasteiger partial charge in [0.2, 0.25) is 0 Å². The molecule has 3 heterocycles. The summed E-state index contributed by atoms with van der Waals surface area (Å²) < 4.78 is 19.9. The van der Waals surface area contributed by atoms with Gasteiger partial charge >= 0.3 is 5.97 Å². The molecule has 0 saturated carbocycles. The van der Waals surface area contributed by atoms with Crippen LogP contribution in [0.4, 0.5) is 4.39 Å². The number of benzene rings is 1. The lowest BCUT2D eigenvalue weighted by atomic mass is 10.3. The highest BCUT2D eigenvalue weighted by atomic mass is 32.2. The fourth-order valence-electron chi connectivity index (χ4n) is 2.64. The lowest BCUT2D eigenvalue weighted by Gasteiger charge is -2.06. The van der Waals surface area contributed by atoms with E-state index < -0.39 is 0 Å². The number of hydrogen-bond acceptors (Lipinski definition) is 6. The first-order valence-electron chi connectivity index (χ1n) is 7.43. The number of esters is 1. The topological polar surface area (TPSA) is 69.9 Å². The van der Waals surface area contributed by atoms with Gasteiger partial charge in [0.1, 0.15) is 28.5 Å². The van der Waals surface area contributed by atoms with Crippen LogP contribution >= 0.6 is 11.8 Å². The molecule has 3 aromatic rings. The van der Waals surface area contributed by atoms with Crippen molar-refractivity contribution in [1.29, 1.82) is 0 Å². The van der Waals surface area contributed by atoms with E-state index in [1.165, 1.54) is 30.2 Å². The van der Waals surface area contributed by atoms with Crippen molar-refractivity contribution in [2.45, 2.75) is 29.7 Å². The first-order chi connectivity index (χ1) is 11.6. The smallest absolute Gasteiger partial charge is 0.319 e. The van der Waals surface area contributed by atoms with Gasteiger partial charge in [-0.15, -0.1) is 0 Å². The predicted octanol–water partition coefficient (Wildman–Crippen LogP) is 2.75. The number of nitrogens with zero attached hydrogens (tertiary/aromatic N) is 4. The van der Waals surface area contributed by atoms with Gasteiger partial charge < -0.3 is 4.74 Å². The van der Waals surface area contributed by atoms with Crippen LogP contribution in [-0.4, -0.2) is 37.1 Å². The standard InChI is InChI=1S/C16H13FN4O2S/c1-9-6-13(16(22)23-9)24-15-12-7-20-21(14(12)18-8-19-15)11-4-2-10(17)3-5-11/h2-5,7-9,13H,6H2,1H3. The molecular weight excluding hydrogens is 331 g/mol. The van der Waals surface area contributed by atoms with Crippen molar-refractivity contribution in [3.8, 4) is 5.69 Å². The largest absolute Gasteiger partial charge is 0.462 e. The second-order valence-electron chi connectivity index (χ2n) is 5.54. The SMILES string of the molecule is CC1CC(Sc2ncnc3c2cnn3-c2ccc(F)cc2)C(=O)O1. The molecule has 8 heteroatoms. The van der Waals surface area contributed by atoms with Gasteiger partial charge in [-0.25, -0.2) is 19.0 Å². The normalized spacial score (nSPS) is 20.5. The van der Waals surface area contributed by atoms with E-state index >= 15 is 0 Å². The number of carbonyl (C=O) groups is 1. The second kappa shape index (κ2) is 5.86. The molecule has 6 nitrogen and oxygen atoms in total. The maximum Gasteiger partial charge on any atom is 0.319 e. The van der Waals surface area contributed by atoms with Gasteiger partial charge in [0, 0.05) is 6.42 Å². The lowest BCUT2D eigenvalue weighted by molar-refractivity contribution is -0.140. The first kappa shape index (κ1) is 15.1. The maximum atomic E-state index is 13.1. The van der Waals surface area contributed by atoms with Crippen molar-refractivity contribution in [3.05, 3.63) is 42.6 Å². The zero-order valence-corrected chi connectivity index (χ0v) is 13.5. The van der Waals surface area contributed by atoms with Crippen molar-refractivity contribution in [2.24, 2.45) is 0 Å². The fourth-order valence-corrected chi connectivity index (χ4v) is 3.81. The zero-order valence-electron chi connectivity index (χ0n) is 12.7. The van der Waals surface area contributed by atoms with Crippen LogP contribution in [0.25, 0.3) is 16.7 Å². The third-order valence-electron chi connectivity index (χ3n) is 3.78. The Balaban J connectivity index is 1.71. The third kappa shape index (κ3) is 2.62. The Kier molecular flexibility index (Phi) is 3.68. The van der Waals surface area contributed by atoms with Crippen LogP contribution in [0.5, 0.6) is 0 Å². The maximum absolute atomic E-state index is 13.1. The molecule has 1 aliphatic rings. The summed E-state index contributed by atoms with van der Waals surface area (Å²) in [6, 6.07) is 6.00. The zero-order chi connectivity index (χ0) is 16.7. The number of carbonyl (C=O) groups excluding carboxylic acids is 1. The molecule has 2 atom stereocenters. The summed E-state index contributed by atoms with van der Waals surface area (Å²) in [7, 11) is 0. The van der Waals surface area contributed by atoms with Crippen LogP contribution in [0.15, 0.2) is 41.8 Å². The second-order valence-corrected chi connectivity index (χ2v) is 6.73. The van der Waals surface area contributed by atoms with Crippen LogP contribution in [0.2, 0.25) is 0 Å². The van der Waals surface area contributed by atoms with Gasteiger partial charge in [-0.1, -0.05) is 11.8 Å². The summed E-state index contributed by atoms with van der Waals surface area (Å²) in [5.41, 5.74) is 1.31. The summed E-state index contributed by atoms with van der Waals surface area (Å²) in [5, 5.41) is 5.49. The minimum Gasteiger partial charge on any atom is -0.462 e. The summed E-state index contributed by atoms with van der Waals surface area (Å²) in [4.78, 5) is 20.4. The number of halogens is 1. The minimum absolute atomic E-state index is 0.0748. The molecule has 4 rings (SSSR count). The number of cyclic esters (lactones) is 1. The highest BCUT2D eigenvalue weighted by Gasteiger charge is 2.33. The fraction of sp³-hybridized carbons (Fsp3) is 0.250. The molecule has 0 spiro atoms. The Morgan fingerprint density at radius 3 is 2.79 bits per heavy atom.